The quantitative estimate of drug-likeness (QED) is 0.824. The van der Waals surface area contributed by atoms with Crippen LogP contribution in [0.25, 0.3) is 0 Å². The summed E-state index contributed by atoms with van der Waals surface area (Å²) in [6, 6.07) is 2.32. The number of aromatic nitrogens is 2. The van der Waals surface area contributed by atoms with Crippen molar-refractivity contribution >= 4 is 0 Å². The second kappa shape index (κ2) is 7.36. The SMILES string of the molecule is O=c1cc2c(nn1CC1CCCN1CCN1CCCCC1)CCC2. The number of hydrogen-bond acceptors (Lipinski definition) is 4. The molecule has 1 aromatic rings. The van der Waals surface area contributed by atoms with E-state index in [4.69, 9.17) is 0 Å². The molecule has 1 atom stereocenters. The van der Waals surface area contributed by atoms with E-state index < -0.39 is 0 Å². The predicted octanol–water partition coefficient (Wildman–Crippen LogP) is 1.68. The topological polar surface area (TPSA) is 41.4 Å². The van der Waals surface area contributed by atoms with Crippen molar-refractivity contribution in [1.29, 1.82) is 0 Å². The lowest BCUT2D eigenvalue weighted by atomic mass is 10.1. The molecule has 1 aromatic heterocycles. The summed E-state index contributed by atoms with van der Waals surface area (Å²) in [6.45, 7) is 6.81. The number of rotatable bonds is 5. The van der Waals surface area contributed by atoms with Gasteiger partial charge in [-0.1, -0.05) is 6.42 Å². The number of likely N-dealkylation sites (tertiary alicyclic amines) is 2. The van der Waals surface area contributed by atoms with E-state index in [1.807, 2.05) is 6.07 Å². The van der Waals surface area contributed by atoms with Crippen LogP contribution in [0.1, 0.15) is 49.8 Å². The third-order valence-corrected chi connectivity index (χ3v) is 6.06. The van der Waals surface area contributed by atoms with E-state index in [0.717, 1.165) is 38.0 Å². The molecule has 0 aromatic carbocycles. The van der Waals surface area contributed by atoms with Crippen molar-refractivity contribution in [1.82, 2.24) is 19.6 Å². The minimum Gasteiger partial charge on any atom is -0.302 e. The smallest absolute Gasteiger partial charge is 0.267 e. The van der Waals surface area contributed by atoms with Crippen LogP contribution in [0.5, 0.6) is 0 Å². The molecule has 1 unspecified atom stereocenters. The van der Waals surface area contributed by atoms with Crippen LogP contribution in [-0.2, 0) is 19.4 Å². The molecular formula is C19H30N4O. The monoisotopic (exact) mass is 330 g/mol. The standard InChI is InChI=1S/C19H30N4O/c24-19-14-16-6-4-8-18(16)20-23(19)15-17-7-5-11-22(17)13-12-21-9-2-1-3-10-21/h14,17H,1-13,15H2. The van der Waals surface area contributed by atoms with Gasteiger partial charge in [0.15, 0.2) is 0 Å². The molecule has 0 radical (unpaired) electrons. The van der Waals surface area contributed by atoms with E-state index in [0.29, 0.717) is 6.04 Å². The Balaban J connectivity index is 1.37. The fraction of sp³-hybridized carbons (Fsp3) is 0.789. The van der Waals surface area contributed by atoms with Gasteiger partial charge in [-0.25, -0.2) is 4.68 Å². The van der Waals surface area contributed by atoms with E-state index in [-0.39, 0.29) is 5.56 Å². The van der Waals surface area contributed by atoms with Gasteiger partial charge >= 0.3 is 0 Å². The van der Waals surface area contributed by atoms with Gasteiger partial charge in [-0.3, -0.25) is 9.69 Å². The molecule has 24 heavy (non-hydrogen) atoms. The van der Waals surface area contributed by atoms with Gasteiger partial charge < -0.3 is 4.90 Å². The van der Waals surface area contributed by atoms with Crippen LogP contribution in [0.15, 0.2) is 10.9 Å². The molecule has 0 bridgehead atoms. The number of fused-ring (bicyclic) bond motifs is 1. The van der Waals surface area contributed by atoms with Crippen LogP contribution in [0.4, 0.5) is 0 Å². The molecule has 2 saturated heterocycles. The molecule has 0 amide bonds. The Kier molecular flexibility index (Phi) is 4.99. The maximum absolute atomic E-state index is 12.4. The second-order valence-corrected chi connectivity index (χ2v) is 7.72. The molecular weight excluding hydrogens is 300 g/mol. The Labute approximate surface area is 144 Å². The molecule has 0 saturated carbocycles. The third kappa shape index (κ3) is 3.57. The van der Waals surface area contributed by atoms with Crippen molar-refractivity contribution in [2.45, 2.75) is 64.0 Å². The molecule has 1 aliphatic carbocycles. The lowest BCUT2D eigenvalue weighted by Gasteiger charge is -2.31. The van der Waals surface area contributed by atoms with Crippen LogP contribution in [-0.4, -0.2) is 58.3 Å². The molecule has 2 fully saturated rings. The van der Waals surface area contributed by atoms with Gasteiger partial charge in [0.2, 0.25) is 0 Å². The summed E-state index contributed by atoms with van der Waals surface area (Å²) >= 11 is 0. The van der Waals surface area contributed by atoms with Crippen LogP contribution in [0.3, 0.4) is 0 Å². The molecule has 0 N–H and O–H groups in total. The van der Waals surface area contributed by atoms with Crippen molar-refractivity contribution in [3.63, 3.8) is 0 Å². The van der Waals surface area contributed by atoms with Gasteiger partial charge in [0.05, 0.1) is 12.2 Å². The first-order valence-corrected chi connectivity index (χ1v) is 9.86. The van der Waals surface area contributed by atoms with Gasteiger partial charge in [-0.15, -0.1) is 0 Å². The van der Waals surface area contributed by atoms with Gasteiger partial charge in [-0.05, 0) is 70.1 Å². The van der Waals surface area contributed by atoms with E-state index in [1.54, 1.807) is 4.68 Å². The summed E-state index contributed by atoms with van der Waals surface area (Å²) in [6.07, 6.45) is 9.79. The zero-order valence-corrected chi connectivity index (χ0v) is 14.8. The molecule has 3 heterocycles. The maximum atomic E-state index is 12.4. The third-order valence-electron chi connectivity index (χ3n) is 6.06. The first-order valence-electron chi connectivity index (χ1n) is 9.86. The van der Waals surface area contributed by atoms with Crippen LogP contribution < -0.4 is 5.56 Å². The van der Waals surface area contributed by atoms with Crippen LogP contribution in [0, 0.1) is 0 Å². The molecule has 0 spiro atoms. The Bertz CT molecular complexity index is 620. The predicted molar refractivity (Wildman–Crippen MR) is 95.4 cm³/mol. The van der Waals surface area contributed by atoms with E-state index in [2.05, 4.69) is 14.9 Å². The molecule has 5 heteroatoms. The van der Waals surface area contributed by atoms with E-state index >= 15 is 0 Å². The molecule has 132 valence electrons. The summed E-state index contributed by atoms with van der Waals surface area (Å²) in [5.74, 6) is 0. The summed E-state index contributed by atoms with van der Waals surface area (Å²) in [7, 11) is 0. The van der Waals surface area contributed by atoms with Crippen molar-refractivity contribution in [3.05, 3.63) is 27.7 Å². The largest absolute Gasteiger partial charge is 0.302 e. The highest BCUT2D eigenvalue weighted by molar-refractivity contribution is 5.22. The summed E-state index contributed by atoms with van der Waals surface area (Å²) in [5.41, 5.74) is 2.44. The van der Waals surface area contributed by atoms with Gasteiger partial charge in [-0.2, -0.15) is 5.10 Å². The highest BCUT2D eigenvalue weighted by Crippen LogP contribution is 2.20. The number of piperidine rings is 1. The first kappa shape index (κ1) is 16.3. The lowest BCUT2D eigenvalue weighted by Crippen LogP contribution is -2.42. The van der Waals surface area contributed by atoms with Crippen molar-refractivity contribution in [3.8, 4) is 0 Å². The van der Waals surface area contributed by atoms with Crippen molar-refractivity contribution in [2.24, 2.45) is 0 Å². The molecule has 4 rings (SSSR count). The van der Waals surface area contributed by atoms with E-state index in [9.17, 15) is 4.79 Å². The van der Waals surface area contributed by atoms with E-state index in [1.165, 1.54) is 63.8 Å². The Morgan fingerprint density at radius 3 is 2.75 bits per heavy atom. The van der Waals surface area contributed by atoms with Crippen molar-refractivity contribution < 1.29 is 0 Å². The van der Waals surface area contributed by atoms with Crippen LogP contribution in [0.2, 0.25) is 0 Å². The average Bonchev–Trinajstić information content (AvgIpc) is 3.23. The van der Waals surface area contributed by atoms with Crippen LogP contribution >= 0.6 is 0 Å². The minimum atomic E-state index is 0.0959. The van der Waals surface area contributed by atoms with Gasteiger partial charge in [0.1, 0.15) is 0 Å². The van der Waals surface area contributed by atoms with Crippen molar-refractivity contribution in [2.75, 3.05) is 32.7 Å². The summed E-state index contributed by atoms with van der Waals surface area (Å²) in [5, 5.41) is 4.67. The molecule has 2 aliphatic heterocycles. The summed E-state index contributed by atoms with van der Waals surface area (Å²) < 4.78 is 1.74. The Morgan fingerprint density at radius 2 is 1.88 bits per heavy atom. The number of hydrogen-bond donors (Lipinski definition) is 0. The first-order chi connectivity index (χ1) is 11.8. The summed E-state index contributed by atoms with van der Waals surface area (Å²) in [4.78, 5) is 17.6. The fourth-order valence-electron chi connectivity index (χ4n) is 4.62. The number of nitrogens with zero attached hydrogens (tertiary/aromatic N) is 4. The normalized spacial score (nSPS) is 25.2. The minimum absolute atomic E-state index is 0.0959. The zero-order valence-electron chi connectivity index (χ0n) is 14.8. The zero-order chi connectivity index (χ0) is 16.4. The second-order valence-electron chi connectivity index (χ2n) is 7.72. The number of aryl methyl sites for hydroxylation is 2. The fourth-order valence-corrected chi connectivity index (χ4v) is 4.62. The molecule has 5 nitrogen and oxygen atoms in total. The average molecular weight is 330 g/mol. The Morgan fingerprint density at radius 1 is 1.00 bits per heavy atom. The molecule has 3 aliphatic rings. The lowest BCUT2D eigenvalue weighted by molar-refractivity contribution is 0.164. The highest BCUT2D eigenvalue weighted by Gasteiger charge is 2.26. The Hall–Kier alpha value is -1.20. The van der Waals surface area contributed by atoms with Gasteiger partial charge in [0.25, 0.3) is 5.56 Å². The highest BCUT2D eigenvalue weighted by atomic mass is 16.1. The van der Waals surface area contributed by atoms with Gasteiger partial charge in [0, 0.05) is 25.2 Å². The maximum Gasteiger partial charge on any atom is 0.267 e.